The minimum Gasteiger partial charge on any atom is -0.224 e. The molecule has 2 nitrogen and oxygen atoms in total. The Balaban J connectivity index is 2.46. The molecule has 0 fully saturated rings. The molecule has 0 spiro atoms. The lowest BCUT2D eigenvalue weighted by Crippen LogP contribution is -2.10. The summed E-state index contributed by atoms with van der Waals surface area (Å²) in [5.74, 6) is 0. The predicted molar refractivity (Wildman–Crippen MR) is 78.5 cm³/mol. The van der Waals surface area contributed by atoms with E-state index < -0.39 is 21.6 Å². The van der Waals surface area contributed by atoms with Crippen LogP contribution in [0.2, 0.25) is 0 Å². The molecule has 0 radical (unpaired) electrons. The summed E-state index contributed by atoms with van der Waals surface area (Å²) in [6.07, 6.45) is -3.34. The fourth-order valence-corrected chi connectivity index (χ4v) is 2.94. The Morgan fingerprint density at radius 1 is 1.05 bits per heavy atom. The van der Waals surface area contributed by atoms with Gasteiger partial charge in [-0.2, -0.15) is 13.2 Å². The Kier molecular flexibility index (Phi) is 4.33. The zero-order valence-electron chi connectivity index (χ0n) is 12.1. The van der Waals surface area contributed by atoms with Crippen molar-refractivity contribution in [1.29, 1.82) is 0 Å². The quantitative estimate of drug-likeness (QED) is 0.853. The molecule has 0 aliphatic rings. The standard InChI is InChI=1S/C16H15F3O2S/c1-11-6-7-15(16(17,18)19)13(8-11)9-12-4-3-5-14(10-12)22(2,20)21/h3-8,10H,9H2,1-2H3. The fraction of sp³-hybridized carbons (Fsp3) is 0.250. The Bertz CT molecular complexity index is 793. The van der Waals surface area contributed by atoms with Crippen molar-refractivity contribution in [3.8, 4) is 0 Å². The molecule has 0 unspecified atom stereocenters. The molecule has 0 aromatic heterocycles. The van der Waals surface area contributed by atoms with Crippen LogP contribution in [0.3, 0.4) is 0 Å². The van der Waals surface area contributed by atoms with E-state index in [-0.39, 0.29) is 16.9 Å². The topological polar surface area (TPSA) is 34.1 Å². The van der Waals surface area contributed by atoms with Gasteiger partial charge in [0.05, 0.1) is 10.5 Å². The van der Waals surface area contributed by atoms with Gasteiger partial charge in [-0.15, -0.1) is 0 Å². The average molecular weight is 328 g/mol. The number of benzene rings is 2. The van der Waals surface area contributed by atoms with Gasteiger partial charge in [-0.3, -0.25) is 0 Å². The highest BCUT2D eigenvalue weighted by Crippen LogP contribution is 2.33. The molecule has 2 rings (SSSR count). The number of aryl methyl sites for hydroxylation is 1. The molecule has 2 aromatic rings. The highest BCUT2D eigenvalue weighted by atomic mass is 32.2. The van der Waals surface area contributed by atoms with E-state index in [4.69, 9.17) is 0 Å². The van der Waals surface area contributed by atoms with Crippen molar-refractivity contribution in [2.75, 3.05) is 6.26 Å². The third-order valence-electron chi connectivity index (χ3n) is 3.29. The molecular formula is C16H15F3O2S. The average Bonchev–Trinajstić information content (AvgIpc) is 2.36. The van der Waals surface area contributed by atoms with Gasteiger partial charge in [0, 0.05) is 6.26 Å². The molecule has 0 N–H and O–H groups in total. The molecule has 22 heavy (non-hydrogen) atoms. The van der Waals surface area contributed by atoms with Crippen molar-refractivity contribution in [2.45, 2.75) is 24.4 Å². The maximum absolute atomic E-state index is 13.1. The first-order valence-corrected chi connectivity index (χ1v) is 8.42. The molecule has 0 heterocycles. The number of alkyl halides is 3. The second kappa shape index (κ2) is 5.76. The molecule has 0 amide bonds. The number of hydrogen-bond acceptors (Lipinski definition) is 2. The molecule has 0 aliphatic carbocycles. The summed E-state index contributed by atoms with van der Waals surface area (Å²) in [4.78, 5) is 0.103. The predicted octanol–water partition coefficient (Wildman–Crippen LogP) is 4.01. The van der Waals surface area contributed by atoms with Gasteiger partial charge in [-0.25, -0.2) is 8.42 Å². The lowest BCUT2D eigenvalue weighted by molar-refractivity contribution is -0.138. The maximum atomic E-state index is 13.1. The second-order valence-corrected chi connectivity index (χ2v) is 7.27. The smallest absolute Gasteiger partial charge is 0.224 e. The summed E-state index contributed by atoms with van der Waals surface area (Å²) in [5.41, 5.74) is 0.697. The minimum absolute atomic E-state index is 0.0277. The van der Waals surface area contributed by atoms with E-state index in [0.717, 1.165) is 17.9 Å². The van der Waals surface area contributed by atoms with Gasteiger partial charge < -0.3 is 0 Å². The molecule has 0 saturated heterocycles. The fourth-order valence-electron chi connectivity index (χ4n) is 2.25. The molecule has 0 bridgehead atoms. The first-order chi connectivity index (χ1) is 10.1. The zero-order chi connectivity index (χ0) is 16.5. The molecule has 118 valence electrons. The van der Waals surface area contributed by atoms with Crippen molar-refractivity contribution >= 4 is 9.84 Å². The Labute approximate surface area is 127 Å². The van der Waals surface area contributed by atoms with Crippen LogP contribution in [0.4, 0.5) is 13.2 Å². The first kappa shape index (κ1) is 16.5. The van der Waals surface area contributed by atoms with Crippen molar-refractivity contribution in [2.24, 2.45) is 0 Å². The van der Waals surface area contributed by atoms with E-state index in [2.05, 4.69) is 0 Å². The van der Waals surface area contributed by atoms with Crippen LogP contribution < -0.4 is 0 Å². The van der Waals surface area contributed by atoms with Gasteiger partial charge in [0.15, 0.2) is 9.84 Å². The van der Waals surface area contributed by atoms with Crippen LogP contribution in [0.15, 0.2) is 47.4 Å². The van der Waals surface area contributed by atoms with Crippen LogP contribution in [0.25, 0.3) is 0 Å². The summed E-state index contributed by atoms with van der Waals surface area (Å²) >= 11 is 0. The van der Waals surface area contributed by atoms with Crippen LogP contribution in [0.1, 0.15) is 22.3 Å². The third-order valence-corrected chi connectivity index (χ3v) is 4.40. The summed E-state index contributed by atoms with van der Waals surface area (Å²) in [6.45, 7) is 1.72. The summed E-state index contributed by atoms with van der Waals surface area (Å²) in [7, 11) is -3.39. The Hall–Kier alpha value is -1.82. The van der Waals surface area contributed by atoms with Crippen LogP contribution in [-0.2, 0) is 22.4 Å². The lowest BCUT2D eigenvalue weighted by Gasteiger charge is -2.14. The van der Waals surface area contributed by atoms with Gasteiger partial charge in [0.2, 0.25) is 0 Å². The summed E-state index contributed by atoms with van der Waals surface area (Å²) < 4.78 is 62.2. The summed E-state index contributed by atoms with van der Waals surface area (Å²) in [5, 5.41) is 0. The lowest BCUT2D eigenvalue weighted by atomic mass is 9.97. The van der Waals surface area contributed by atoms with Crippen molar-refractivity contribution in [3.05, 3.63) is 64.7 Å². The maximum Gasteiger partial charge on any atom is 0.416 e. The second-order valence-electron chi connectivity index (χ2n) is 5.25. The SMILES string of the molecule is Cc1ccc(C(F)(F)F)c(Cc2cccc(S(C)(=O)=O)c2)c1. The molecule has 0 atom stereocenters. The number of rotatable bonds is 3. The van der Waals surface area contributed by atoms with E-state index >= 15 is 0 Å². The molecular weight excluding hydrogens is 313 g/mol. The first-order valence-electron chi connectivity index (χ1n) is 6.53. The molecule has 0 aliphatic heterocycles. The Morgan fingerprint density at radius 3 is 2.32 bits per heavy atom. The van der Waals surface area contributed by atoms with E-state index in [1.54, 1.807) is 13.0 Å². The number of halogens is 3. The normalized spacial score (nSPS) is 12.4. The molecule has 0 saturated carbocycles. The van der Waals surface area contributed by atoms with Crippen molar-refractivity contribution in [1.82, 2.24) is 0 Å². The van der Waals surface area contributed by atoms with Crippen LogP contribution in [0, 0.1) is 6.92 Å². The van der Waals surface area contributed by atoms with Crippen LogP contribution >= 0.6 is 0 Å². The van der Waals surface area contributed by atoms with Crippen LogP contribution in [0.5, 0.6) is 0 Å². The van der Waals surface area contributed by atoms with Gasteiger partial charge in [0.1, 0.15) is 0 Å². The Morgan fingerprint density at radius 2 is 1.73 bits per heavy atom. The van der Waals surface area contributed by atoms with E-state index in [1.165, 1.54) is 30.3 Å². The minimum atomic E-state index is -4.43. The number of hydrogen-bond donors (Lipinski definition) is 0. The highest BCUT2D eigenvalue weighted by molar-refractivity contribution is 7.90. The van der Waals surface area contributed by atoms with E-state index in [0.29, 0.717) is 5.56 Å². The van der Waals surface area contributed by atoms with Gasteiger partial charge in [-0.05, 0) is 42.7 Å². The largest absolute Gasteiger partial charge is 0.416 e. The molecule has 2 aromatic carbocycles. The van der Waals surface area contributed by atoms with E-state index in [1.807, 2.05) is 0 Å². The van der Waals surface area contributed by atoms with Crippen LogP contribution in [-0.4, -0.2) is 14.7 Å². The highest BCUT2D eigenvalue weighted by Gasteiger charge is 2.33. The van der Waals surface area contributed by atoms with Gasteiger partial charge in [0.25, 0.3) is 0 Å². The number of sulfone groups is 1. The third kappa shape index (κ3) is 3.88. The zero-order valence-corrected chi connectivity index (χ0v) is 12.9. The molecule has 6 heteroatoms. The van der Waals surface area contributed by atoms with Crippen molar-refractivity contribution in [3.63, 3.8) is 0 Å². The van der Waals surface area contributed by atoms with Gasteiger partial charge in [-0.1, -0.05) is 29.8 Å². The van der Waals surface area contributed by atoms with E-state index in [9.17, 15) is 21.6 Å². The summed E-state index contributed by atoms with van der Waals surface area (Å²) in [6, 6.07) is 9.96. The van der Waals surface area contributed by atoms with Gasteiger partial charge >= 0.3 is 6.18 Å². The van der Waals surface area contributed by atoms with Crippen molar-refractivity contribution < 1.29 is 21.6 Å². The monoisotopic (exact) mass is 328 g/mol.